The van der Waals surface area contributed by atoms with Gasteiger partial charge in [-0.25, -0.2) is 0 Å². The van der Waals surface area contributed by atoms with Crippen LogP contribution in [0.4, 0.5) is 5.69 Å². The average molecular weight is 210 g/mol. The molecule has 1 aromatic carbocycles. The number of anilines is 1. The van der Waals surface area contributed by atoms with Crippen LogP contribution in [-0.4, -0.2) is 43.4 Å². The second kappa shape index (κ2) is 5.58. The standard InChI is InChI=1S/C11H18N2O2/c1-13(2)7-10(14)8-15-11-5-3-9(12)4-6-11/h3-6,10,14H,7-8,12H2,1-2H3/t10-/m0/s1. The fraction of sp³-hybridized carbons (Fsp3) is 0.455. The van der Waals surface area contributed by atoms with Crippen molar-refractivity contribution in [1.82, 2.24) is 4.90 Å². The van der Waals surface area contributed by atoms with E-state index in [1.165, 1.54) is 0 Å². The number of nitrogen functional groups attached to an aromatic ring is 1. The summed E-state index contributed by atoms with van der Waals surface area (Å²) in [7, 11) is 3.82. The molecule has 0 radical (unpaired) electrons. The molecule has 0 fully saturated rings. The number of nitrogens with two attached hydrogens (primary N) is 1. The van der Waals surface area contributed by atoms with Crippen molar-refractivity contribution in [2.75, 3.05) is 33.0 Å². The first-order valence-electron chi connectivity index (χ1n) is 4.89. The van der Waals surface area contributed by atoms with Crippen LogP contribution in [0.15, 0.2) is 24.3 Å². The van der Waals surface area contributed by atoms with Gasteiger partial charge in [-0.3, -0.25) is 0 Å². The predicted molar refractivity (Wildman–Crippen MR) is 60.9 cm³/mol. The summed E-state index contributed by atoms with van der Waals surface area (Å²) in [5.41, 5.74) is 6.24. The molecule has 84 valence electrons. The number of nitrogens with zero attached hydrogens (tertiary/aromatic N) is 1. The van der Waals surface area contributed by atoms with E-state index in [9.17, 15) is 5.11 Å². The molecule has 4 nitrogen and oxygen atoms in total. The van der Waals surface area contributed by atoms with Crippen LogP contribution in [0.2, 0.25) is 0 Å². The van der Waals surface area contributed by atoms with E-state index >= 15 is 0 Å². The van der Waals surface area contributed by atoms with Gasteiger partial charge in [0.05, 0.1) is 0 Å². The molecule has 0 aliphatic carbocycles. The van der Waals surface area contributed by atoms with Crippen LogP contribution in [0.5, 0.6) is 5.75 Å². The molecule has 3 N–H and O–H groups in total. The molecule has 0 heterocycles. The van der Waals surface area contributed by atoms with Crippen LogP contribution in [-0.2, 0) is 0 Å². The zero-order chi connectivity index (χ0) is 11.3. The number of aliphatic hydroxyl groups excluding tert-OH is 1. The minimum absolute atomic E-state index is 0.294. The zero-order valence-corrected chi connectivity index (χ0v) is 9.18. The van der Waals surface area contributed by atoms with E-state index in [4.69, 9.17) is 10.5 Å². The summed E-state index contributed by atoms with van der Waals surface area (Å²) in [6, 6.07) is 7.12. The molecular weight excluding hydrogens is 192 g/mol. The summed E-state index contributed by atoms with van der Waals surface area (Å²) in [6.07, 6.45) is -0.474. The lowest BCUT2D eigenvalue weighted by Crippen LogP contribution is -2.30. The lowest BCUT2D eigenvalue weighted by atomic mass is 10.3. The third-order valence-electron chi connectivity index (χ3n) is 1.90. The van der Waals surface area contributed by atoms with Gasteiger partial charge < -0.3 is 20.5 Å². The SMILES string of the molecule is CN(C)C[C@H](O)COc1ccc(N)cc1. The monoisotopic (exact) mass is 210 g/mol. The highest BCUT2D eigenvalue weighted by Gasteiger charge is 2.06. The molecule has 1 aromatic rings. The van der Waals surface area contributed by atoms with Crippen LogP contribution in [0.25, 0.3) is 0 Å². The largest absolute Gasteiger partial charge is 0.491 e. The van der Waals surface area contributed by atoms with Crippen molar-refractivity contribution in [3.63, 3.8) is 0 Å². The Bertz CT molecular complexity index is 285. The molecule has 0 saturated heterocycles. The van der Waals surface area contributed by atoms with Crippen molar-refractivity contribution in [1.29, 1.82) is 0 Å². The van der Waals surface area contributed by atoms with Crippen molar-refractivity contribution >= 4 is 5.69 Å². The van der Waals surface area contributed by atoms with Crippen LogP contribution in [0.3, 0.4) is 0 Å². The van der Waals surface area contributed by atoms with Gasteiger partial charge in [-0.05, 0) is 38.4 Å². The number of benzene rings is 1. The van der Waals surface area contributed by atoms with Crippen molar-refractivity contribution in [3.05, 3.63) is 24.3 Å². The van der Waals surface area contributed by atoms with Crippen LogP contribution in [0, 0.1) is 0 Å². The van der Waals surface area contributed by atoms with E-state index < -0.39 is 6.10 Å². The van der Waals surface area contributed by atoms with Gasteiger partial charge >= 0.3 is 0 Å². The van der Waals surface area contributed by atoms with Gasteiger partial charge in [-0.15, -0.1) is 0 Å². The molecule has 0 aromatic heterocycles. The second-order valence-electron chi connectivity index (χ2n) is 3.80. The Morgan fingerprint density at radius 2 is 1.93 bits per heavy atom. The van der Waals surface area contributed by atoms with Crippen molar-refractivity contribution in [2.24, 2.45) is 0 Å². The van der Waals surface area contributed by atoms with Gasteiger partial charge in [-0.2, -0.15) is 0 Å². The summed E-state index contributed by atoms with van der Waals surface area (Å²) in [5, 5.41) is 9.54. The average Bonchev–Trinajstić information content (AvgIpc) is 2.16. The normalized spacial score (nSPS) is 12.8. The quantitative estimate of drug-likeness (QED) is 0.698. The lowest BCUT2D eigenvalue weighted by Gasteiger charge is -2.16. The Morgan fingerprint density at radius 3 is 2.47 bits per heavy atom. The number of hydrogen-bond acceptors (Lipinski definition) is 4. The van der Waals surface area contributed by atoms with Gasteiger partial charge in [0.2, 0.25) is 0 Å². The van der Waals surface area contributed by atoms with Gasteiger partial charge in [0.1, 0.15) is 18.5 Å². The summed E-state index contributed by atoms with van der Waals surface area (Å²) >= 11 is 0. The number of aliphatic hydroxyl groups is 1. The molecule has 0 spiro atoms. The van der Waals surface area contributed by atoms with Gasteiger partial charge in [0.15, 0.2) is 0 Å². The Morgan fingerprint density at radius 1 is 1.33 bits per heavy atom. The highest BCUT2D eigenvalue weighted by Crippen LogP contribution is 2.13. The molecule has 0 saturated carbocycles. The topological polar surface area (TPSA) is 58.7 Å². The lowest BCUT2D eigenvalue weighted by molar-refractivity contribution is 0.0831. The van der Waals surface area contributed by atoms with Gasteiger partial charge in [0.25, 0.3) is 0 Å². The maximum Gasteiger partial charge on any atom is 0.119 e. The van der Waals surface area contributed by atoms with Crippen molar-refractivity contribution in [3.8, 4) is 5.75 Å². The zero-order valence-electron chi connectivity index (χ0n) is 9.18. The summed E-state index contributed by atoms with van der Waals surface area (Å²) in [6.45, 7) is 0.886. The molecule has 4 heteroatoms. The van der Waals surface area contributed by atoms with E-state index in [0.717, 1.165) is 5.75 Å². The fourth-order valence-electron chi connectivity index (χ4n) is 1.23. The molecule has 0 aliphatic rings. The number of rotatable bonds is 5. The molecular formula is C11H18N2O2. The number of ether oxygens (including phenoxy) is 1. The van der Waals surface area contributed by atoms with Crippen LogP contribution >= 0.6 is 0 Å². The maximum absolute atomic E-state index is 9.54. The smallest absolute Gasteiger partial charge is 0.119 e. The fourth-order valence-corrected chi connectivity index (χ4v) is 1.23. The Kier molecular flexibility index (Phi) is 4.39. The Balaban J connectivity index is 2.33. The third kappa shape index (κ3) is 4.67. The summed E-state index contributed by atoms with van der Waals surface area (Å²) < 4.78 is 5.39. The first-order chi connectivity index (χ1) is 7.08. The molecule has 1 rings (SSSR count). The first kappa shape index (κ1) is 11.8. The number of likely N-dealkylation sites (N-methyl/N-ethyl adjacent to an activating group) is 1. The minimum Gasteiger partial charge on any atom is -0.491 e. The third-order valence-corrected chi connectivity index (χ3v) is 1.90. The molecule has 0 aliphatic heterocycles. The van der Waals surface area contributed by atoms with Crippen molar-refractivity contribution < 1.29 is 9.84 Å². The summed E-state index contributed by atoms with van der Waals surface area (Å²) in [4.78, 5) is 1.91. The predicted octanol–water partition coefficient (Wildman–Crippen LogP) is 0.570. The minimum atomic E-state index is -0.474. The molecule has 15 heavy (non-hydrogen) atoms. The molecule has 1 atom stereocenters. The van der Waals surface area contributed by atoms with Gasteiger partial charge in [0, 0.05) is 12.2 Å². The van der Waals surface area contributed by atoms with Crippen LogP contribution in [0.1, 0.15) is 0 Å². The number of hydrogen-bond donors (Lipinski definition) is 2. The van der Waals surface area contributed by atoms with Crippen LogP contribution < -0.4 is 10.5 Å². The van der Waals surface area contributed by atoms with E-state index in [-0.39, 0.29) is 0 Å². The van der Waals surface area contributed by atoms with Crippen molar-refractivity contribution in [2.45, 2.75) is 6.10 Å². The summed E-state index contributed by atoms with van der Waals surface area (Å²) in [5.74, 6) is 0.724. The van der Waals surface area contributed by atoms with E-state index in [1.54, 1.807) is 24.3 Å². The Labute approximate surface area is 90.3 Å². The van der Waals surface area contributed by atoms with E-state index in [2.05, 4.69) is 0 Å². The maximum atomic E-state index is 9.54. The molecule has 0 bridgehead atoms. The highest BCUT2D eigenvalue weighted by molar-refractivity contribution is 5.41. The first-order valence-corrected chi connectivity index (χ1v) is 4.89. The molecule has 0 unspecified atom stereocenters. The van der Waals surface area contributed by atoms with Gasteiger partial charge in [-0.1, -0.05) is 0 Å². The highest BCUT2D eigenvalue weighted by atomic mass is 16.5. The van der Waals surface area contributed by atoms with E-state index in [0.29, 0.717) is 18.8 Å². The Hall–Kier alpha value is -1.26. The second-order valence-corrected chi connectivity index (χ2v) is 3.80. The van der Waals surface area contributed by atoms with E-state index in [1.807, 2.05) is 19.0 Å². The molecule has 0 amide bonds.